The number of rotatable bonds is 8. The molecule has 4 aromatic rings. The van der Waals surface area contributed by atoms with Gasteiger partial charge < -0.3 is 9.15 Å². The average molecular weight is 550 g/mol. The number of hydrogen-bond donors (Lipinski definition) is 0. The first kappa shape index (κ1) is 27.2. The fraction of sp³-hybridized carbons (Fsp3) is 0.182. The number of amides is 1. The molecular weight excluding hydrogens is 518 g/mol. The van der Waals surface area contributed by atoms with Crippen molar-refractivity contribution in [3.05, 3.63) is 130 Å². The number of carbonyl (C=O) groups excluding carboxylic acids is 1. The van der Waals surface area contributed by atoms with Gasteiger partial charge >= 0.3 is 0 Å². The van der Waals surface area contributed by atoms with Crippen LogP contribution in [0.4, 0.5) is 0 Å². The summed E-state index contributed by atoms with van der Waals surface area (Å²) in [7, 11) is 0. The molecule has 6 nitrogen and oxygen atoms in total. The molecule has 202 valence electrons. The van der Waals surface area contributed by atoms with Gasteiger partial charge in [-0.1, -0.05) is 87.5 Å². The van der Waals surface area contributed by atoms with Crippen molar-refractivity contribution in [3.63, 3.8) is 0 Å². The fourth-order valence-corrected chi connectivity index (χ4v) is 5.02. The number of benzene rings is 3. The van der Waals surface area contributed by atoms with Crippen LogP contribution in [0.1, 0.15) is 48.8 Å². The van der Waals surface area contributed by atoms with Crippen molar-refractivity contribution in [2.75, 3.05) is 0 Å². The number of nitrogens with zero attached hydrogens (tertiary/aromatic N) is 3. The van der Waals surface area contributed by atoms with Gasteiger partial charge in [0.2, 0.25) is 0 Å². The second kappa shape index (κ2) is 12.2. The van der Waals surface area contributed by atoms with Gasteiger partial charge in [-0.05, 0) is 69.8 Å². The van der Waals surface area contributed by atoms with E-state index in [9.17, 15) is 4.79 Å². The van der Waals surface area contributed by atoms with E-state index in [2.05, 4.69) is 43.1 Å². The summed E-state index contributed by atoms with van der Waals surface area (Å²) in [4.78, 5) is 15.6. The zero-order valence-electron chi connectivity index (χ0n) is 22.8. The highest BCUT2D eigenvalue weighted by Crippen LogP contribution is 2.34. The molecular formula is C33H31N3O3S. The van der Waals surface area contributed by atoms with Gasteiger partial charge in [-0.3, -0.25) is 9.69 Å². The van der Waals surface area contributed by atoms with E-state index in [1.54, 1.807) is 23.4 Å². The molecule has 1 aliphatic rings. The van der Waals surface area contributed by atoms with Gasteiger partial charge in [0, 0.05) is 0 Å². The average Bonchev–Trinajstić information content (AvgIpc) is 3.57. The third kappa shape index (κ3) is 6.98. The SMILES string of the molecule is CC(C)(C)c1ccc(/C=C2\S/C(=N/N=C\c3cccc(OCc4ccccc4)c3)N(Cc3ccco3)C2=O)cc1. The molecule has 2 heterocycles. The Morgan fingerprint density at radius 1 is 0.925 bits per heavy atom. The molecule has 0 N–H and O–H groups in total. The zero-order chi connectivity index (χ0) is 28.0. The van der Waals surface area contributed by atoms with Crippen LogP contribution in [0.25, 0.3) is 6.08 Å². The van der Waals surface area contributed by atoms with Gasteiger partial charge in [0.25, 0.3) is 5.91 Å². The number of ether oxygens (including phenoxy) is 1. The van der Waals surface area contributed by atoms with Crippen molar-refractivity contribution in [3.8, 4) is 5.75 Å². The highest BCUT2D eigenvalue weighted by Gasteiger charge is 2.34. The Kier molecular flexibility index (Phi) is 8.31. The molecule has 1 amide bonds. The van der Waals surface area contributed by atoms with Crippen LogP contribution < -0.4 is 4.74 Å². The van der Waals surface area contributed by atoms with Crippen molar-refractivity contribution in [2.45, 2.75) is 39.3 Å². The molecule has 5 rings (SSSR count). The van der Waals surface area contributed by atoms with Gasteiger partial charge in [0.15, 0.2) is 5.17 Å². The van der Waals surface area contributed by atoms with Crippen LogP contribution in [0.15, 0.2) is 117 Å². The lowest BCUT2D eigenvalue weighted by molar-refractivity contribution is -0.122. The first-order valence-electron chi connectivity index (χ1n) is 13.1. The maximum atomic E-state index is 13.4. The Morgan fingerprint density at radius 2 is 1.73 bits per heavy atom. The van der Waals surface area contributed by atoms with Crippen LogP contribution in [-0.2, 0) is 23.4 Å². The molecule has 1 aliphatic heterocycles. The highest BCUT2D eigenvalue weighted by atomic mass is 32.2. The molecule has 0 radical (unpaired) electrons. The lowest BCUT2D eigenvalue weighted by Gasteiger charge is -2.18. The monoisotopic (exact) mass is 549 g/mol. The minimum Gasteiger partial charge on any atom is -0.489 e. The Balaban J connectivity index is 1.33. The first-order chi connectivity index (χ1) is 19.3. The van der Waals surface area contributed by atoms with Crippen LogP contribution >= 0.6 is 11.8 Å². The number of carbonyl (C=O) groups is 1. The maximum absolute atomic E-state index is 13.4. The Morgan fingerprint density at radius 3 is 2.45 bits per heavy atom. The summed E-state index contributed by atoms with van der Waals surface area (Å²) < 4.78 is 11.4. The van der Waals surface area contributed by atoms with E-state index in [4.69, 9.17) is 9.15 Å². The summed E-state index contributed by atoms with van der Waals surface area (Å²) in [6.45, 7) is 7.30. The van der Waals surface area contributed by atoms with Crippen molar-refractivity contribution in [1.29, 1.82) is 0 Å². The van der Waals surface area contributed by atoms with Crippen LogP contribution in [-0.4, -0.2) is 22.2 Å². The largest absolute Gasteiger partial charge is 0.489 e. The van der Waals surface area contributed by atoms with E-state index in [0.29, 0.717) is 22.4 Å². The molecule has 40 heavy (non-hydrogen) atoms. The highest BCUT2D eigenvalue weighted by molar-refractivity contribution is 8.18. The summed E-state index contributed by atoms with van der Waals surface area (Å²) in [5.41, 5.74) is 4.21. The van der Waals surface area contributed by atoms with E-state index in [1.807, 2.05) is 78.9 Å². The molecule has 7 heteroatoms. The summed E-state index contributed by atoms with van der Waals surface area (Å²) >= 11 is 1.30. The summed E-state index contributed by atoms with van der Waals surface area (Å²) in [5.74, 6) is 1.28. The number of furan rings is 1. The van der Waals surface area contributed by atoms with Crippen molar-refractivity contribution in [1.82, 2.24) is 4.90 Å². The van der Waals surface area contributed by atoms with E-state index >= 15 is 0 Å². The number of hydrogen-bond acceptors (Lipinski definition) is 6. The summed E-state index contributed by atoms with van der Waals surface area (Å²) in [6, 6.07) is 29.6. The normalized spacial score (nSPS) is 16.0. The quantitative estimate of drug-likeness (QED) is 0.129. The third-order valence-electron chi connectivity index (χ3n) is 6.31. The molecule has 0 saturated carbocycles. The van der Waals surface area contributed by atoms with Crippen molar-refractivity contribution >= 4 is 35.1 Å². The third-order valence-corrected chi connectivity index (χ3v) is 7.31. The molecule has 0 atom stereocenters. The minimum atomic E-state index is -0.133. The van der Waals surface area contributed by atoms with Crippen molar-refractivity contribution in [2.24, 2.45) is 10.2 Å². The smallest absolute Gasteiger partial charge is 0.267 e. The zero-order valence-corrected chi connectivity index (χ0v) is 23.6. The van der Waals surface area contributed by atoms with Gasteiger partial charge in [-0.2, -0.15) is 5.10 Å². The molecule has 0 aliphatic carbocycles. The predicted molar refractivity (Wildman–Crippen MR) is 162 cm³/mol. The van der Waals surface area contributed by atoms with E-state index in [1.165, 1.54) is 17.3 Å². The predicted octanol–water partition coefficient (Wildman–Crippen LogP) is 7.66. The van der Waals surface area contributed by atoms with Crippen LogP contribution in [0.2, 0.25) is 0 Å². The van der Waals surface area contributed by atoms with Crippen molar-refractivity contribution < 1.29 is 13.9 Å². The maximum Gasteiger partial charge on any atom is 0.267 e. The topological polar surface area (TPSA) is 67.4 Å². The van der Waals surface area contributed by atoms with Gasteiger partial charge in [-0.15, -0.1) is 5.10 Å². The second-order valence-corrected chi connectivity index (χ2v) is 11.4. The number of amidine groups is 1. The van der Waals surface area contributed by atoms with Gasteiger partial charge in [0.05, 0.1) is 23.9 Å². The van der Waals surface area contributed by atoms with Gasteiger partial charge in [0.1, 0.15) is 18.1 Å². The first-order valence-corrected chi connectivity index (χ1v) is 13.9. The van der Waals surface area contributed by atoms with Crippen LogP contribution in [0.3, 0.4) is 0 Å². The lowest BCUT2D eigenvalue weighted by atomic mass is 9.87. The van der Waals surface area contributed by atoms with Gasteiger partial charge in [-0.25, -0.2) is 0 Å². The van der Waals surface area contributed by atoms with E-state index in [0.717, 1.165) is 22.4 Å². The Labute approximate surface area is 239 Å². The minimum absolute atomic E-state index is 0.0643. The summed E-state index contributed by atoms with van der Waals surface area (Å²) in [6.07, 6.45) is 5.15. The van der Waals surface area contributed by atoms with E-state index in [-0.39, 0.29) is 17.9 Å². The Hall–Kier alpha value is -4.36. The lowest BCUT2D eigenvalue weighted by Crippen LogP contribution is -2.28. The van der Waals surface area contributed by atoms with E-state index < -0.39 is 0 Å². The molecule has 1 saturated heterocycles. The number of thioether (sulfide) groups is 1. The molecule has 0 spiro atoms. The molecule has 1 fully saturated rings. The van der Waals surface area contributed by atoms with Crippen LogP contribution in [0.5, 0.6) is 5.75 Å². The molecule has 0 unspecified atom stereocenters. The standard InChI is InChI=1S/C33H31N3O3S/c1-33(2,3)27-16-14-24(15-17-27)20-30-31(37)36(22-29-13-8-18-38-29)32(40-30)35-34-21-26-11-7-12-28(19-26)39-23-25-9-5-4-6-10-25/h4-21H,22-23H2,1-3H3/b30-20-,34-21-,35-32+. The molecule has 0 bridgehead atoms. The van der Waals surface area contributed by atoms with Crippen LogP contribution in [0, 0.1) is 0 Å². The second-order valence-electron chi connectivity index (χ2n) is 10.4. The molecule has 3 aromatic carbocycles. The Bertz CT molecular complexity index is 1530. The summed E-state index contributed by atoms with van der Waals surface area (Å²) in [5, 5.41) is 9.23. The fourth-order valence-electron chi connectivity index (χ4n) is 4.08. The molecule has 1 aromatic heterocycles.